The number of likely N-dealkylation sites (tertiary alicyclic amines) is 1. The maximum absolute atomic E-state index is 12.7. The van der Waals surface area contributed by atoms with E-state index in [9.17, 15) is 9.59 Å². The van der Waals surface area contributed by atoms with Crippen molar-refractivity contribution in [1.82, 2.24) is 14.7 Å². The van der Waals surface area contributed by atoms with E-state index >= 15 is 0 Å². The molecule has 1 unspecified atom stereocenters. The van der Waals surface area contributed by atoms with Crippen molar-refractivity contribution in [2.24, 2.45) is 11.8 Å². The van der Waals surface area contributed by atoms with Crippen molar-refractivity contribution in [2.45, 2.75) is 37.7 Å². The molecule has 2 saturated heterocycles. The van der Waals surface area contributed by atoms with Crippen molar-refractivity contribution in [1.29, 1.82) is 0 Å². The fourth-order valence-corrected chi connectivity index (χ4v) is 5.30. The lowest BCUT2D eigenvalue weighted by atomic mass is 9.91. The molecule has 1 amide bonds. The number of hydrogen-bond acceptors (Lipinski definition) is 5. The molecule has 1 saturated carbocycles. The third-order valence-electron chi connectivity index (χ3n) is 6.86. The van der Waals surface area contributed by atoms with Gasteiger partial charge in [-0.2, -0.15) is 9.78 Å². The molecule has 0 radical (unpaired) electrons. The Hall–Kier alpha value is -2.87. The van der Waals surface area contributed by atoms with Gasteiger partial charge < -0.3 is 19.5 Å². The first-order valence-corrected chi connectivity index (χ1v) is 11.0. The van der Waals surface area contributed by atoms with Gasteiger partial charge in [0.05, 0.1) is 6.10 Å². The standard InChI is InChI=1S/C23H27N3O5/c27-22(28)20-5-8-26(24-20)23(29)25-13-16-11-18(12-17(16)14-25)31-21-4-2-1-3-19(21)15-6-9-30-10-7-15/h1-5,8,15-18H,6-7,9-14H2,(H,27,28)/t16-,17+,18?. The van der Waals surface area contributed by atoms with Crippen LogP contribution in [0.1, 0.15) is 47.7 Å². The highest BCUT2D eigenvalue weighted by atomic mass is 16.5. The van der Waals surface area contributed by atoms with Gasteiger partial charge in [-0.15, -0.1) is 0 Å². The second-order valence-electron chi connectivity index (χ2n) is 8.79. The smallest absolute Gasteiger partial charge is 0.356 e. The summed E-state index contributed by atoms with van der Waals surface area (Å²) in [5.41, 5.74) is 1.16. The number of aromatic nitrogens is 2. The van der Waals surface area contributed by atoms with Crippen molar-refractivity contribution in [3.05, 3.63) is 47.8 Å². The zero-order valence-electron chi connectivity index (χ0n) is 17.4. The van der Waals surface area contributed by atoms with E-state index in [4.69, 9.17) is 14.6 Å². The van der Waals surface area contributed by atoms with Crippen LogP contribution in [0, 0.1) is 11.8 Å². The van der Waals surface area contributed by atoms with Gasteiger partial charge >= 0.3 is 12.0 Å². The van der Waals surface area contributed by atoms with Crippen LogP contribution in [0.4, 0.5) is 4.79 Å². The predicted octanol–water partition coefficient (Wildman–Crippen LogP) is 3.23. The molecule has 1 aromatic heterocycles. The quantitative estimate of drug-likeness (QED) is 0.808. The molecule has 3 atom stereocenters. The number of nitrogens with zero attached hydrogens (tertiary/aromatic N) is 3. The molecule has 5 rings (SSSR count). The molecule has 0 bridgehead atoms. The fraction of sp³-hybridized carbons (Fsp3) is 0.522. The summed E-state index contributed by atoms with van der Waals surface area (Å²) in [6.07, 6.45) is 5.50. The lowest BCUT2D eigenvalue weighted by molar-refractivity contribution is 0.0689. The number of carboxylic acid groups (broad SMARTS) is 1. The zero-order valence-corrected chi connectivity index (χ0v) is 17.4. The first-order chi connectivity index (χ1) is 15.1. The third-order valence-corrected chi connectivity index (χ3v) is 6.86. The normalized spacial score (nSPS) is 26.1. The van der Waals surface area contributed by atoms with Crippen LogP contribution in [-0.2, 0) is 4.74 Å². The number of para-hydroxylation sites is 1. The van der Waals surface area contributed by atoms with Gasteiger partial charge in [-0.1, -0.05) is 18.2 Å². The molecule has 3 aliphatic rings. The van der Waals surface area contributed by atoms with Crippen LogP contribution in [0.5, 0.6) is 5.75 Å². The Morgan fingerprint density at radius 1 is 1.06 bits per heavy atom. The Balaban J connectivity index is 1.20. The van der Waals surface area contributed by atoms with Gasteiger partial charge in [-0.3, -0.25) is 0 Å². The van der Waals surface area contributed by atoms with E-state index in [-0.39, 0.29) is 17.8 Å². The summed E-state index contributed by atoms with van der Waals surface area (Å²) in [5, 5.41) is 12.9. The molecule has 8 nitrogen and oxygen atoms in total. The van der Waals surface area contributed by atoms with Crippen LogP contribution in [0.25, 0.3) is 0 Å². The molecule has 1 N–H and O–H groups in total. The number of fused-ring (bicyclic) bond motifs is 1. The Morgan fingerprint density at radius 3 is 2.45 bits per heavy atom. The summed E-state index contributed by atoms with van der Waals surface area (Å²) >= 11 is 0. The maximum atomic E-state index is 12.7. The average Bonchev–Trinajstić information content (AvgIpc) is 3.49. The summed E-state index contributed by atoms with van der Waals surface area (Å²) in [6.45, 7) is 2.93. The zero-order chi connectivity index (χ0) is 21.4. The molecule has 1 aliphatic carbocycles. The summed E-state index contributed by atoms with van der Waals surface area (Å²) in [6, 6.07) is 9.45. The molecular formula is C23H27N3O5. The molecule has 0 spiro atoms. The van der Waals surface area contributed by atoms with E-state index in [1.807, 2.05) is 6.07 Å². The van der Waals surface area contributed by atoms with Crippen LogP contribution < -0.4 is 4.74 Å². The number of carbonyl (C=O) groups excluding carboxylic acids is 1. The van der Waals surface area contributed by atoms with Gasteiger partial charge in [0.25, 0.3) is 0 Å². The molecule has 3 fully saturated rings. The molecule has 3 heterocycles. The molecule has 1 aromatic carbocycles. The predicted molar refractivity (Wildman–Crippen MR) is 111 cm³/mol. The minimum Gasteiger partial charge on any atom is -0.490 e. The van der Waals surface area contributed by atoms with Gasteiger partial charge in [-0.25, -0.2) is 9.59 Å². The molecular weight excluding hydrogens is 398 g/mol. The molecule has 8 heteroatoms. The lowest BCUT2D eigenvalue weighted by Crippen LogP contribution is -2.34. The van der Waals surface area contributed by atoms with Crippen molar-refractivity contribution in [2.75, 3.05) is 26.3 Å². The minimum absolute atomic E-state index is 0.121. The van der Waals surface area contributed by atoms with Crippen molar-refractivity contribution in [3.63, 3.8) is 0 Å². The topological polar surface area (TPSA) is 93.9 Å². The van der Waals surface area contributed by atoms with E-state index in [0.29, 0.717) is 30.8 Å². The van der Waals surface area contributed by atoms with Crippen LogP contribution >= 0.6 is 0 Å². The average molecular weight is 425 g/mol. The number of aromatic carboxylic acids is 1. The maximum Gasteiger partial charge on any atom is 0.356 e. The Labute approximate surface area is 180 Å². The summed E-state index contributed by atoms with van der Waals surface area (Å²) in [4.78, 5) is 25.5. The number of amides is 1. The van der Waals surface area contributed by atoms with Crippen LogP contribution in [0.2, 0.25) is 0 Å². The van der Waals surface area contributed by atoms with E-state index in [1.165, 1.54) is 17.8 Å². The van der Waals surface area contributed by atoms with Gasteiger partial charge in [0.1, 0.15) is 5.75 Å². The third kappa shape index (κ3) is 4.04. The van der Waals surface area contributed by atoms with Crippen molar-refractivity contribution >= 4 is 12.0 Å². The van der Waals surface area contributed by atoms with E-state index in [0.717, 1.165) is 49.3 Å². The number of benzene rings is 1. The number of carbonyl (C=O) groups is 2. The second-order valence-corrected chi connectivity index (χ2v) is 8.79. The summed E-state index contributed by atoms with van der Waals surface area (Å²) < 4.78 is 13.1. The van der Waals surface area contributed by atoms with Gasteiger partial charge in [0, 0.05) is 32.5 Å². The minimum atomic E-state index is -1.13. The SMILES string of the molecule is O=C(O)c1ccn(C(=O)N2C[C@H]3CC(Oc4ccccc4C4CCOCC4)C[C@H]3C2)n1. The Kier molecular flexibility index (Phi) is 5.40. The van der Waals surface area contributed by atoms with E-state index in [1.54, 1.807) is 4.90 Å². The van der Waals surface area contributed by atoms with Crippen LogP contribution in [0.15, 0.2) is 36.5 Å². The monoisotopic (exact) mass is 425 g/mol. The largest absolute Gasteiger partial charge is 0.490 e. The number of rotatable bonds is 4. The molecule has 2 aromatic rings. The van der Waals surface area contributed by atoms with Gasteiger partial charge in [0.2, 0.25) is 0 Å². The first-order valence-electron chi connectivity index (χ1n) is 11.0. The number of ether oxygens (including phenoxy) is 2. The fourth-order valence-electron chi connectivity index (χ4n) is 5.30. The van der Waals surface area contributed by atoms with Crippen molar-refractivity contribution < 1.29 is 24.2 Å². The van der Waals surface area contributed by atoms with Crippen LogP contribution in [0.3, 0.4) is 0 Å². The highest BCUT2D eigenvalue weighted by Crippen LogP contribution is 2.41. The highest BCUT2D eigenvalue weighted by Gasteiger charge is 2.44. The first kappa shape index (κ1) is 20.1. The highest BCUT2D eigenvalue weighted by molar-refractivity contribution is 5.86. The summed E-state index contributed by atoms with van der Waals surface area (Å²) in [7, 11) is 0. The second kappa shape index (κ2) is 8.34. The lowest BCUT2D eigenvalue weighted by Gasteiger charge is -2.26. The number of hydrogen-bond donors (Lipinski definition) is 1. The number of carboxylic acids is 1. The molecule has 31 heavy (non-hydrogen) atoms. The van der Waals surface area contributed by atoms with Gasteiger partial charge in [0.15, 0.2) is 5.69 Å². The van der Waals surface area contributed by atoms with E-state index in [2.05, 4.69) is 23.3 Å². The Bertz CT molecular complexity index is 954. The van der Waals surface area contributed by atoms with Crippen molar-refractivity contribution in [3.8, 4) is 5.75 Å². The Morgan fingerprint density at radius 2 is 1.77 bits per heavy atom. The van der Waals surface area contributed by atoms with E-state index < -0.39 is 5.97 Å². The van der Waals surface area contributed by atoms with Gasteiger partial charge in [-0.05, 0) is 61.1 Å². The summed E-state index contributed by atoms with van der Waals surface area (Å²) in [5.74, 6) is 1.15. The van der Waals surface area contributed by atoms with Crippen LogP contribution in [-0.4, -0.2) is 64.2 Å². The molecule has 164 valence electrons. The molecule has 2 aliphatic heterocycles.